The molecule has 1 aliphatic heterocycles. The molecule has 1 N–H and O–H groups in total. The van der Waals surface area contributed by atoms with Gasteiger partial charge in [-0.1, -0.05) is 21.3 Å². The number of aliphatic carboxylic acids is 1. The van der Waals surface area contributed by atoms with Crippen LogP contribution in [0.25, 0.3) is 0 Å². The highest BCUT2D eigenvalue weighted by Crippen LogP contribution is 2.16. The second-order valence-corrected chi connectivity index (χ2v) is 3.78. The third-order valence-electron chi connectivity index (χ3n) is 2.53. The molecule has 1 aliphatic rings. The first-order chi connectivity index (χ1) is 7.11. The van der Waals surface area contributed by atoms with E-state index in [9.17, 15) is 9.59 Å². The van der Waals surface area contributed by atoms with Gasteiger partial charge in [0.2, 0.25) is 0 Å². The topological polar surface area (TPSA) is 60.9 Å². The number of carbonyl (C=O) groups is 2. The summed E-state index contributed by atoms with van der Waals surface area (Å²) in [6.45, 7) is 5.40. The van der Waals surface area contributed by atoms with Gasteiger partial charge in [0.15, 0.2) is 0 Å². The normalized spacial score (nSPS) is 19.9. The number of urea groups is 1. The summed E-state index contributed by atoms with van der Waals surface area (Å²) in [6.07, 6.45) is 1.65. The maximum atomic E-state index is 11.8. The van der Waals surface area contributed by atoms with Crippen molar-refractivity contribution in [3.63, 3.8) is 0 Å². The number of hydrogen-bond acceptors (Lipinski definition) is 2. The van der Waals surface area contributed by atoms with Crippen molar-refractivity contribution < 1.29 is 14.7 Å². The van der Waals surface area contributed by atoms with Crippen LogP contribution in [0.2, 0.25) is 0 Å². The molecule has 1 saturated heterocycles. The van der Waals surface area contributed by atoms with Gasteiger partial charge in [-0.2, -0.15) is 0 Å². The lowest BCUT2D eigenvalue weighted by molar-refractivity contribution is -0.141. The molecule has 0 aromatic rings. The monoisotopic (exact) mass is 230 g/mol. The van der Waals surface area contributed by atoms with Crippen molar-refractivity contribution >= 4 is 12.0 Å². The number of carbonyl (C=O) groups excluding carboxylic acids is 1. The molecule has 0 spiro atoms. The van der Waals surface area contributed by atoms with E-state index >= 15 is 0 Å². The summed E-state index contributed by atoms with van der Waals surface area (Å²) in [7, 11) is 0. The van der Waals surface area contributed by atoms with Crippen LogP contribution in [0.5, 0.6) is 0 Å². The van der Waals surface area contributed by atoms with Crippen molar-refractivity contribution in [1.82, 2.24) is 9.80 Å². The molecule has 0 saturated carbocycles. The van der Waals surface area contributed by atoms with Gasteiger partial charge in [0, 0.05) is 13.1 Å². The Morgan fingerprint density at radius 2 is 1.94 bits per heavy atom. The third-order valence-corrected chi connectivity index (χ3v) is 2.53. The summed E-state index contributed by atoms with van der Waals surface area (Å²) in [5, 5.41) is 8.99. The first-order valence-corrected chi connectivity index (χ1v) is 5.40. The predicted molar refractivity (Wildman–Crippen MR) is 62.4 cm³/mol. The predicted octanol–water partition coefficient (Wildman–Crippen LogP) is 1.63. The molecule has 1 fully saturated rings. The van der Waals surface area contributed by atoms with E-state index in [0.29, 0.717) is 19.6 Å². The van der Waals surface area contributed by atoms with Gasteiger partial charge in [0.05, 0.1) is 6.54 Å². The van der Waals surface area contributed by atoms with Crippen LogP contribution in [0.3, 0.4) is 0 Å². The zero-order valence-corrected chi connectivity index (χ0v) is 9.27. The lowest BCUT2D eigenvalue weighted by atomic mass is 10.2. The number of carboxylic acids is 1. The Kier molecular flexibility index (Phi) is 5.85. The average molecular weight is 230 g/mol. The zero-order chi connectivity index (χ0) is 11.4. The van der Waals surface area contributed by atoms with Crippen molar-refractivity contribution in [3.8, 4) is 0 Å². The van der Waals surface area contributed by atoms with E-state index in [1.165, 1.54) is 4.90 Å². The number of nitrogens with zero attached hydrogens (tertiary/aromatic N) is 2. The van der Waals surface area contributed by atoms with E-state index in [1.807, 2.05) is 13.8 Å². The highest BCUT2D eigenvalue weighted by molar-refractivity contribution is 5.86. The smallest absolute Gasteiger partial charge is 0.328 e. The van der Waals surface area contributed by atoms with Crippen LogP contribution in [-0.4, -0.2) is 52.6 Å². The summed E-state index contributed by atoms with van der Waals surface area (Å²) in [6, 6.07) is -0.796. The molecular weight excluding hydrogens is 208 g/mol. The Hall–Kier alpha value is -1.26. The van der Waals surface area contributed by atoms with E-state index < -0.39 is 12.0 Å². The molecule has 16 heavy (non-hydrogen) atoms. The molecule has 0 radical (unpaired) electrons. The van der Waals surface area contributed by atoms with Crippen LogP contribution in [0.1, 0.15) is 34.1 Å². The highest BCUT2D eigenvalue weighted by Gasteiger charge is 2.40. The Labute approximate surface area is 97.0 Å². The van der Waals surface area contributed by atoms with E-state index in [2.05, 4.69) is 0 Å². The van der Waals surface area contributed by atoms with Crippen molar-refractivity contribution in [3.05, 3.63) is 0 Å². The fourth-order valence-corrected chi connectivity index (χ4v) is 1.86. The van der Waals surface area contributed by atoms with Crippen LogP contribution in [-0.2, 0) is 4.79 Å². The first-order valence-electron chi connectivity index (χ1n) is 5.40. The van der Waals surface area contributed by atoms with Crippen LogP contribution < -0.4 is 0 Å². The fourth-order valence-electron chi connectivity index (χ4n) is 1.86. The van der Waals surface area contributed by atoms with Crippen LogP contribution in [0.15, 0.2) is 0 Å². The summed E-state index contributed by atoms with van der Waals surface area (Å²) < 4.78 is 0. The first kappa shape index (κ1) is 14.7. The highest BCUT2D eigenvalue weighted by atomic mass is 16.4. The third kappa shape index (κ3) is 2.87. The van der Waals surface area contributed by atoms with Crippen LogP contribution in [0, 0.1) is 0 Å². The molecule has 0 aromatic carbocycles. The molecule has 0 aromatic heterocycles. The molecule has 2 amide bonds. The minimum Gasteiger partial charge on any atom is -0.480 e. The van der Waals surface area contributed by atoms with Gasteiger partial charge in [-0.15, -0.1) is 0 Å². The number of carboxylic acid groups (broad SMARTS) is 1. The maximum Gasteiger partial charge on any atom is 0.328 e. The largest absolute Gasteiger partial charge is 0.480 e. The molecule has 5 nitrogen and oxygen atoms in total. The molecule has 1 atom stereocenters. The van der Waals surface area contributed by atoms with Crippen molar-refractivity contribution in [2.24, 2.45) is 0 Å². The quantitative estimate of drug-likeness (QED) is 0.781. The lowest BCUT2D eigenvalue weighted by Gasteiger charge is -2.19. The van der Waals surface area contributed by atoms with Gasteiger partial charge >= 0.3 is 12.0 Å². The standard InChI is InChI=1S/C10H18N2O3.CH4/c1-3-5-11-7-8(9(13)14)12(6-4-2)10(11)15;/h8H,3-7H2,1-2H3,(H,13,14);1H4/t8-;/m0./s1. The van der Waals surface area contributed by atoms with Crippen molar-refractivity contribution in [2.75, 3.05) is 19.6 Å². The van der Waals surface area contributed by atoms with Gasteiger partial charge < -0.3 is 14.9 Å². The van der Waals surface area contributed by atoms with E-state index in [1.54, 1.807) is 4.90 Å². The molecule has 1 rings (SSSR count). The van der Waals surface area contributed by atoms with Gasteiger partial charge in [-0.25, -0.2) is 9.59 Å². The Morgan fingerprint density at radius 3 is 2.38 bits per heavy atom. The minimum atomic E-state index is -0.907. The molecule has 1 heterocycles. The lowest BCUT2D eigenvalue weighted by Crippen LogP contribution is -2.40. The molecule has 0 aliphatic carbocycles. The molecule has 0 unspecified atom stereocenters. The summed E-state index contributed by atoms with van der Waals surface area (Å²) in [5.74, 6) is -0.907. The summed E-state index contributed by atoms with van der Waals surface area (Å²) in [4.78, 5) is 25.8. The zero-order valence-electron chi connectivity index (χ0n) is 9.27. The molecular formula is C11H22N2O3. The Balaban J connectivity index is 0.00000225. The SMILES string of the molecule is C.CCCN1C[C@@H](C(=O)O)N(CCC)C1=O. The van der Waals surface area contributed by atoms with Crippen LogP contribution >= 0.6 is 0 Å². The Morgan fingerprint density at radius 1 is 1.38 bits per heavy atom. The number of hydrogen-bond donors (Lipinski definition) is 1. The van der Waals surface area contributed by atoms with Crippen molar-refractivity contribution in [2.45, 2.75) is 40.2 Å². The number of rotatable bonds is 5. The molecule has 94 valence electrons. The summed E-state index contributed by atoms with van der Waals surface area (Å²) >= 11 is 0. The molecule has 0 bridgehead atoms. The van der Waals surface area contributed by atoms with E-state index in [0.717, 1.165) is 12.8 Å². The van der Waals surface area contributed by atoms with E-state index in [-0.39, 0.29) is 13.5 Å². The molecule has 5 heteroatoms. The van der Waals surface area contributed by atoms with Gasteiger partial charge in [0.1, 0.15) is 6.04 Å². The minimum absolute atomic E-state index is 0. The second-order valence-electron chi connectivity index (χ2n) is 3.78. The Bertz CT molecular complexity index is 256. The fraction of sp³-hybridized carbons (Fsp3) is 0.818. The second kappa shape index (κ2) is 6.35. The summed E-state index contributed by atoms with van der Waals surface area (Å²) in [5.41, 5.74) is 0. The maximum absolute atomic E-state index is 11.8. The van der Waals surface area contributed by atoms with Gasteiger partial charge in [-0.3, -0.25) is 0 Å². The van der Waals surface area contributed by atoms with E-state index in [4.69, 9.17) is 5.11 Å². The average Bonchev–Trinajstić information content (AvgIpc) is 2.48. The number of amides is 2. The van der Waals surface area contributed by atoms with Crippen molar-refractivity contribution in [1.29, 1.82) is 0 Å². The van der Waals surface area contributed by atoms with Gasteiger partial charge in [0.25, 0.3) is 0 Å². The van der Waals surface area contributed by atoms with Gasteiger partial charge in [-0.05, 0) is 12.8 Å². The van der Waals surface area contributed by atoms with Crippen LogP contribution in [0.4, 0.5) is 4.79 Å².